The minimum absolute atomic E-state index is 1.01. The molecular weight excluding hydrogens is 212 g/mol. The predicted molar refractivity (Wildman–Crippen MR) is 68.9 cm³/mol. The summed E-state index contributed by atoms with van der Waals surface area (Å²) >= 11 is 0. The summed E-state index contributed by atoms with van der Waals surface area (Å²) in [5.41, 5.74) is 3.61. The van der Waals surface area contributed by atoms with E-state index >= 15 is 0 Å². The highest BCUT2D eigenvalue weighted by molar-refractivity contribution is 5.76. The molecule has 1 saturated heterocycles. The Kier molecular flexibility index (Phi) is 2.82. The summed E-state index contributed by atoms with van der Waals surface area (Å²) < 4.78 is 2.13. The predicted octanol–water partition coefficient (Wildman–Crippen LogP) is 0.978. The Morgan fingerprint density at radius 2 is 2.18 bits per heavy atom. The fraction of sp³-hybridized carbons (Fsp3) is 0.462. The third kappa shape index (κ3) is 2.18. The van der Waals surface area contributed by atoms with Crippen LogP contribution in [0.25, 0.3) is 11.0 Å². The van der Waals surface area contributed by atoms with Crippen molar-refractivity contribution in [3.8, 4) is 0 Å². The van der Waals surface area contributed by atoms with Gasteiger partial charge >= 0.3 is 0 Å². The number of piperazine rings is 1. The fourth-order valence-electron chi connectivity index (χ4n) is 2.39. The van der Waals surface area contributed by atoms with Crippen LogP contribution in [-0.2, 0) is 13.6 Å². The van der Waals surface area contributed by atoms with Gasteiger partial charge in [-0.15, -0.1) is 0 Å². The zero-order chi connectivity index (χ0) is 11.7. The van der Waals surface area contributed by atoms with Crippen molar-refractivity contribution in [1.82, 2.24) is 19.8 Å². The molecule has 2 aromatic heterocycles. The van der Waals surface area contributed by atoms with Gasteiger partial charge in [-0.1, -0.05) is 0 Å². The van der Waals surface area contributed by atoms with Crippen LogP contribution >= 0.6 is 0 Å². The van der Waals surface area contributed by atoms with Gasteiger partial charge in [0, 0.05) is 52.2 Å². The standard InChI is InChI=1S/C13H18N4/c1-16-5-2-12-13(16)8-11(9-15-12)10-17-6-3-14-4-7-17/h2,5,8-9,14H,3-4,6-7,10H2,1H3. The second-order valence-electron chi connectivity index (χ2n) is 4.70. The van der Waals surface area contributed by atoms with Gasteiger partial charge in [0.2, 0.25) is 0 Å². The molecule has 0 unspecified atom stereocenters. The minimum Gasteiger partial charge on any atom is -0.349 e. The van der Waals surface area contributed by atoms with Crippen LogP contribution in [0.1, 0.15) is 5.56 Å². The van der Waals surface area contributed by atoms with Crippen molar-refractivity contribution in [2.45, 2.75) is 6.54 Å². The molecular formula is C13H18N4. The van der Waals surface area contributed by atoms with Gasteiger partial charge in [0.25, 0.3) is 0 Å². The topological polar surface area (TPSA) is 33.1 Å². The van der Waals surface area contributed by atoms with Crippen molar-refractivity contribution in [3.05, 3.63) is 30.1 Å². The smallest absolute Gasteiger partial charge is 0.0881 e. The van der Waals surface area contributed by atoms with Crippen molar-refractivity contribution in [2.24, 2.45) is 7.05 Å². The molecule has 0 radical (unpaired) electrons. The normalized spacial score (nSPS) is 17.7. The molecule has 0 aromatic carbocycles. The van der Waals surface area contributed by atoms with E-state index in [1.54, 1.807) is 0 Å². The zero-order valence-electron chi connectivity index (χ0n) is 10.2. The molecule has 0 amide bonds. The van der Waals surface area contributed by atoms with Gasteiger partial charge in [0.05, 0.1) is 11.0 Å². The van der Waals surface area contributed by atoms with E-state index in [0.717, 1.165) is 38.2 Å². The second-order valence-corrected chi connectivity index (χ2v) is 4.70. The molecule has 3 rings (SSSR count). The zero-order valence-corrected chi connectivity index (χ0v) is 10.2. The molecule has 0 saturated carbocycles. The lowest BCUT2D eigenvalue weighted by Crippen LogP contribution is -2.42. The third-order valence-corrected chi connectivity index (χ3v) is 3.41. The van der Waals surface area contributed by atoms with Crippen LogP contribution in [0, 0.1) is 0 Å². The summed E-state index contributed by atoms with van der Waals surface area (Å²) in [6.07, 6.45) is 4.07. The Morgan fingerprint density at radius 3 is 3.00 bits per heavy atom. The molecule has 4 nitrogen and oxygen atoms in total. The molecule has 2 aromatic rings. The molecule has 1 aliphatic rings. The van der Waals surface area contributed by atoms with E-state index in [1.807, 2.05) is 6.20 Å². The van der Waals surface area contributed by atoms with Crippen molar-refractivity contribution < 1.29 is 0 Å². The first kappa shape index (κ1) is 10.7. The van der Waals surface area contributed by atoms with E-state index in [1.165, 1.54) is 11.1 Å². The van der Waals surface area contributed by atoms with Crippen LogP contribution in [0.15, 0.2) is 24.5 Å². The molecule has 3 heterocycles. The van der Waals surface area contributed by atoms with Gasteiger partial charge in [0.15, 0.2) is 0 Å². The van der Waals surface area contributed by atoms with Gasteiger partial charge in [-0.2, -0.15) is 0 Å². The number of nitrogens with one attached hydrogen (secondary N) is 1. The molecule has 1 aliphatic heterocycles. The number of hydrogen-bond donors (Lipinski definition) is 1. The molecule has 0 bridgehead atoms. The lowest BCUT2D eigenvalue weighted by molar-refractivity contribution is 0.233. The van der Waals surface area contributed by atoms with Crippen molar-refractivity contribution in [2.75, 3.05) is 26.2 Å². The largest absolute Gasteiger partial charge is 0.349 e. The van der Waals surface area contributed by atoms with Crippen LogP contribution in [-0.4, -0.2) is 40.6 Å². The molecule has 1 fully saturated rings. The van der Waals surface area contributed by atoms with E-state index in [2.05, 4.69) is 45.1 Å². The SMILES string of the molecule is Cn1ccc2ncc(CN3CCNCC3)cc21. The number of aryl methyl sites for hydroxylation is 1. The maximum Gasteiger partial charge on any atom is 0.0881 e. The van der Waals surface area contributed by atoms with E-state index in [9.17, 15) is 0 Å². The Balaban J connectivity index is 1.82. The Morgan fingerprint density at radius 1 is 1.35 bits per heavy atom. The lowest BCUT2D eigenvalue weighted by atomic mass is 10.2. The number of pyridine rings is 1. The molecule has 4 heteroatoms. The Bertz CT molecular complexity index is 511. The minimum atomic E-state index is 1.01. The van der Waals surface area contributed by atoms with Crippen LogP contribution in [0.5, 0.6) is 0 Å². The van der Waals surface area contributed by atoms with E-state index in [4.69, 9.17) is 0 Å². The number of hydrogen-bond acceptors (Lipinski definition) is 3. The van der Waals surface area contributed by atoms with E-state index in [-0.39, 0.29) is 0 Å². The van der Waals surface area contributed by atoms with Gasteiger partial charge in [-0.25, -0.2) is 0 Å². The summed E-state index contributed by atoms with van der Waals surface area (Å²) in [5.74, 6) is 0. The van der Waals surface area contributed by atoms with Crippen molar-refractivity contribution in [1.29, 1.82) is 0 Å². The number of rotatable bonds is 2. The van der Waals surface area contributed by atoms with Gasteiger partial charge in [-0.05, 0) is 17.7 Å². The lowest BCUT2D eigenvalue weighted by Gasteiger charge is -2.27. The monoisotopic (exact) mass is 230 g/mol. The van der Waals surface area contributed by atoms with Gasteiger partial charge in [-0.3, -0.25) is 9.88 Å². The average Bonchev–Trinajstić information content (AvgIpc) is 2.73. The fourth-order valence-corrected chi connectivity index (χ4v) is 2.39. The summed E-state index contributed by atoms with van der Waals surface area (Å²) in [6.45, 7) is 5.46. The van der Waals surface area contributed by atoms with Crippen molar-refractivity contribution in [3.63, 3.8) is 0 Å². The maximum absolute atomic E-state index is 4.50. The summed E-state index contributed by atoms with van der Waals surface area (Å²) in [5, 5.41) is 3.37. The summed E-state index contributed by atoms with van der Waals surface area (Å²) in [6, 6.07) is 4.31. The van der Waals surface area contributed by atoms with Crippen molar-refractivity contribution >= 4 is 11.0 Å². The average molecular weight is 230 g/mol. The summed E-state index contributed by atoms with van der Waals surface area (Å²) in [7, 11) is 2.07. The van der Waals surface area contributed by atoms with E-state index < -0.39 is 0 Å². The number of nitrogens with zero attached hydrogens (tertiary/aromatic N) is 3. The first-order chi connectivity index (χ1) is 8.33. The van der Waals surface area contributed by atoms with Gasteiger partial charge in [0.1, 0.15) is 0 Å². The van der Waals surface area contributed by atoms with Gasteiger partial charge < -0.3 is 9.88 Å². The van der Waals surface area contributed by atoms with Crippen LogP contribution in [0.4, 0.5) is 0 Å². The Hall–Kier alpha value is -1.39. The highest BCUT2D eigenvalue weighted by Crippen LogP contribution is 2.15. The first-order valence-electron chi connectivity index (χ1n) is 6.16. The molecule has 0 aliphatic carbocycles. The maximum atomic E-state index is 4.50. The molecule has 17 heavy (non-hydrogen) atoms. The highest BCUT2D eigenvalue weighted by atomic mass is 15.2. The molecule has 0 atom stereocenters. The summed E-state index contributed by atoms with van der Waals surface area (Å²) in [4.78, 5) is 6.98. The molecule has 90 valence electrons. The van der Waals surface area contributed by atoms with Crippen LogP contribution < -0.4 is 5.32 Å². The molecule has 1 N–H and O–H groups in total. The highest BCUT2D eigenvalue weighted by Gasteiger charge is 2.10. The number of aromatic nitrogens is 2. The quantitative estimate of drug-likeness (QED) is 0.835. The van der Waals surface area contributed by atoms with Crippen LogP contribution in [0.3, 0.4) is 0 Å². The van der Waals surface area contributed by atoms with Crippen LogP contribution in [0.2, 0.25) is 0 Å². The second kappa shape index (κ2) is 4.47. The molecule has 0 spiro atoms. The number of fused-ring (bicyclic) bond motifs is 1. The third-order valence-electron chi connectivity index (χ3n) is 3.41. The van der Waals surface area contributed by atoms with E-state index in [0.29, 0.717) is 0 Å². The Labute approximate surface area is 101 Å². The first-order valence-corrected chi connectivity index (χ1v) is 6.16.